The Hall–Kier alpha value is -1.05. The molecule has 0 bridgehead atoms. The van der Waals surface area contributed by atoms with E-state index in [1.54, 1.807) is 6.08 Å². The van der Waals surface area contributed by atoms with Gasteiger partial charge in [-0.3, -0.25) is 0 Å². The van der Waals surface area contributed by atoms with Crippen LogP contribution in [0.5, 0.6) is 0 Å². The predicted octanol–water partition coefficient (Wildman–Crippen LogP) is 1.82. The monoisotopic (exact) mass is 152 g/mol. The van der Waals surface area contributed by atoms with E-state index < -0.39 is 0 Å². The fourth-order valence-corrected chi connectivity index (χ4v) is 0.937. The number of cyclic esters (lactones) is 1. The lowest BCUT2D eigenvalue weighted by Crippen LogP contribution is -2.05. The van der Waals surface area contributed by atoms with E-state index >= 15 is 0 Å². The fourth-order valence-electron chi connectivity index (χ4n) is 0.937. The van der Waals surface area contributed by atoms with E-state index in [0.717, 1.165) is 12.8 Å². The van der Waals surface area contributed by atoms with Crippen LogP contribution in [0.15, 0.2) is 24.3 Å². The van der Waals surface area contributed by atoms with Crippen LogP contribution in [0.1, 0.15) is 19.8 Å². The average molecular weight is 152 g/mol. The van der Waals surface area contributed by atoms with E-state index in [4.69, 9.17) is 4.74 Å². The summed E-state index contributed by atoms with van der Waals surface area (Å²) in [6, 6.07) is 0. The van der Waals surface area contributed by atoms with Crippen molar-refractivity contribution in [1.29, 1.82) is 0 Å². The van der Waals surface area contributed by atoms with Gasteiger partial charge in [0.1, 0.15) is 6.10 Å². The third-order valence-corrected chi connectivity index (χ3v) is 1.49. The number of hydrogen-bond donors (Lipinski definition) is 0. The van der Waals surface area contributed by atoms with Crippen LogP contribution >= 0.6 is 0 Å². The van der Waals surface area contributed by atoms with Crippen LogP contribution in [0.4, 0.5) is 0 Å². The van der Waals surface area contributed by atoms with Crippen molar-refractivity contribution in [3.05, 3.63) is 24.3 Å². The van der Waals surface area contributed by atoms with Crippen molar-refractivity contribution in [2.24, 2.45) is 0 Å². The predicted molar refractivity (Wildman–Crippen MR) is 43.1 cm³/mol. The first-order valence-corrected chi connectivity index (χ1v) is 3.86. The van der Waals surface area contributed by atoms with Gasteiger partial charge in [-0.25, -0.2) is 4.79 Å². The smallest absolute Gasteiger partial charge is 0.331 e. The Morgan fingerprint density at radius 1 is 1.64 bits per heavy atom. The van der Waals surface area contributed by atoms with Gasteiger partial charge in [0, 0.05) is 12.5 Å². The minimum atomic E-state index is -0.222. The average Bonchev–Trinajstić information content (AvgIpc) is 2.37. The topological polar surface area (TPSA) is 26.3 Å². The summed E-state index contributed by atoms with van der Waals surface area (Å²) in [5, 5.41) is 0. The van der Waals surface area contributed by atoms with Crippen molar-refractivity contribution in [2.75, 3.05) is 0 Å². The summed E-state index contributed by atoms with van der Waals surface area (Å²) in [6.07, 6.45) is 9.19. The van der Waals surface area contributed by atoms with E-state index in [0.29, 0.717) is 0 Å². The number of allylic oxidation sites excluding steroid dienone is 1. The van der Waals surface area contributed by atoms with Crippen LogP contribution in [-0.2, 0) is 9.53 Å². The SMILES string of the molecule is CC/C=C\CC1C=CC(=O)O1. The molecule has 0 aromatic heterocycles. The molecular formula is C9H12O2. The number of hydrogen-bond acceptors (Lipinski definition) is 2. The maximum atomic E-state index is 10.6. The standard InChI is InChI=1S/C9H12O2/c1-2-3-4-5-8-6-7-9(10)11-8/h3-4,6-8H,2,5H2,1H3/b4-3-. The molecule has 1 aliphatic rings. The molecular weight excluding hydrogens is 140 g/mol. The lowest BCUT2D eigenvalue weighted by atomic mass is 10.2. The summed E-state index contributed by atoms with van der Waals surface area (Å²) in [4.78, 5) is 10.6. The lowest BCUT2D eigenvalue weighted by Gasteiger charge is -2.02. The Morgan fingerprint density at radius 3 is 3.00 bits per heavy atom. The van der Waals surface area contributed by atoms with Crippen LogP contribution in [0, 0.1) is 0 Å². The number of rotatable bonds is 3. The minimum Gasteiger partial charge on any atom is -0.455 e. The second-order valence-corrected chi connectivity index (χ2v) is 2.45. The van der Waals surface area contributed by atoms with Gasteiger partial charge in [-0.05, 0) is 12.5 Å². The maximum Gasteiger partial charge on any atom is 0.331 e. The van der Waals surface area contributed by atoms with Gasteiger partial charge in [0.2, 0.25) is 0 Å². The first kappa shape index (κ1) is 8.05. The number of carbonyl (C=O) groups is 1. The summed E-state index contributed by atoms with van der Waals surface area (Å²) < 4.78 is 4.91. The van der Waals surface area contributed by atoms with Crippen LogP contribution in [0.25, 0.3) is 0 Å². The van der Waals surface area contributed by atoms with Crippen LogP contribution in [0.2, 0.25) is 0 Å². The van der Waals surface area contributed by atoms with Gasteiger partial charge in [0.05, 0.1) is 0 Å². The van der Waals surface area contributed by atoms with E-state index in [1.165, 1.54) is 6.08 Å². The third kappa shape index (κ3) is 2.58. The molecule has 2 heteroatoms. The molecule has 1 unspecified atom stereocenters. The Labute approximate surface area is 66.5 Å². The highest BCUT2D eigenvalue weighted by molar-refractivity contribution is 5.84. The number of carbonyl (C=O) groups excluding carboxylic acids is 1. The van der Waals surface area contributed by atoms with Gasteiger partial charge in [0.15, 0.2) is 0 Å². The van der Waals surface area contributed by atoms with Gasteiger partial charge >= 0.3 is 5.97 Å². The van der Waals surface area contributed by atoms with Crippen molar-refractivity contribution >= 4 is 5.97 Å². The molecule has 0 aromatic rings. The Balaban J connectivity index is 2.24. The Bertz CT molecular complexity index is 192. The molecule has 1 atom stereocenters. The summed E-state index contributed by atoms with van der Waals surface area (Å²) in [6.45, 7) is 2.08. The van der Waals surface area contributed by atoms with E-state index in [2.05, 4.69) is 13.0 Å². The molecule has 11 heavy (non-hydrogen) atoms. The van der Waals surface area contributed by atoms with Crippen LogP contribution in [-0.4, -0.2) is 12.1 Å². The highest BCUT2D eigenvalue weighted by Crippen LogP contribution is 2.09. The van der Waals surface area contributed by atoms with Gasteiger partial charge < -0.3 is 4.74 Å². The largest absolute Gasteiger partial charge is 0.455 e. The first-order chi connectivity index (χ1) is 5.33. The number of ether oxygens (including phenoxy) is 1. The molecule has 1 heterocycles. The molecule has 0 spiro atoms. The molecule has 0 radical (unpaired) electrons. The Kier molecular flexibility index (Phi) is 2.90. The van der Waals surface area contributed by atoms with Crippen molar-refractivity contribution in [1.82, 2.24) is 0 Å². The highest BCUT2D eigenvalue weighted by Gasteiger charge is 2.13. The quantitative estimate of drug-likeness (QED) is 0.455. The molecule has 1 rings (SSSR count). The Morgan fingerprint density at radius 2 is 2.45 bits per heavy atom. The zero-order valence-electron chi connectivity index (χ0n) is 6.62. The van der Waals surface area contributed by atoms with Crippen molar-refractivity contribution in [3.63, 3.8) is 0 Å². The van der Waals surface area contributed by atoms with Crippen molar-refractivity contribution in [2.45, 2.75) is 25.9 Å². The second kappa shape index (κ2) is 3.96. The molecule has 2 nitrogen and oxygen atoms in total. The molecule has 0 saturated carbocycles. The first-order valence-electron chi connectivity index (χ1n) is 3.86. The minimum absolute atomic E-state index is 0.0229. The van der Waals surface area contributed by atoms with Gasteiger partial charge in [0.25, 0.3) is 0 Å². The fraction of sp³-hybridized carbons (Fsp3) is 0.444. The summed E-state index contributed by atoms with van der Waals surface area (Å²) in [5.41, 5.74) is 0. The molecule has 0 fully saturated rings. The van der Waals surface area contributed by atoms with Gasteiger partial charge in [-0.1, -0.05) is 19.1 Å². The number of esters is 1. The molecule has 1 aliphatic heterocycles. The van der Waals surface area contributed by atoms with Crippen molar-refractivity contribution in [3.8, 4) is 0 Å². The van der Waals surface area contributed by atoms with E-state index in [1.807, 2.05) is 6.08 Å². The van der Waals surface area contributed by atoms with Crippen LogP contribution < -0.4 is 0 Å². The highest BCUT2D eigenvalue weighted by atomic mass is 16.5. The van der Waals surface area contributed by atoms with Crippen molar-refractivity contribution < 1.29 is 9.53 Å². The molecule has 0 aromatic carbocycles. The maximum absolute atomic E-state index is 10.6. The summed E-state index contributed by atoms with van der Waals surface area (Å²) >= 11 is 0. The van der Waals surface area contributed by atoms with Crippen LogP contribution in [0.3, 0.4) is 0 Å². The molecule has 0 saturated heterocycles. The zero-order chi connectivity index (χ0) is 8.10. The van der Waals surface area contributed by atoms with Gasteiger partial charge in [-0.15, -0.1) is 0 Å². The summed E-state index contributed by atoms with van der Waals surface area (Å²) in [7, 11) is 0. The normalized spacial score (nSPS) is 23.0. The van der Waals surface area contributed by atoms with Gasteiger partial charge in [-0.2, -0.15) is 0 Å². The van der Waals surface area contributed by atoms with E-state index in [-0.39, 0.29) is 12.1 Å². The molecule has 0 N–H and O–H groups in total. The summed E-state index contributed by atoms with van der Waals surface area (Å²) in [5.74, 6) is -0.222. The lowest BCUT2D eigenvalue weighted by molar-refractivity contribution is -0.138. The van der Waals surface area contributed by atoms with E-state index in [9.17, 15) is 4.79 Å². The third-order valence-electron chi connectivity index (χ3n) is 1.49. The second-order valence-electron chi connectivity index (χ2n) is 2.45. The molecule has 60 valence electrons. The zero-order valence-corrected chi connectivity index (χ0v) is 6.62. The molecule has 0 amide bonds. The molecule has 0 aliphatic carbocycles.